The van der Waals surface area contributed by atoms with Crippen molar-refractivity contribution >= 4 is 16.0 Å². The quantitative estimate of drug-likeness (QED) is 0.221. The largest absolute Gasteiger partial charge is 0.262 e. The van der Waals surface area contributed by atoms with Crippen LogP contribution in [0.1, 0.15) is 0 Å². The molecule has 0 aromatic carbocycles. The summed E-state index contributed by atoms with van der Waals surface area (Å²) in [7, 11) is -1.74. The number of aliphatic imine (C=N–C) groups is 1. The lowest BCUT2D eigenvalue weighted by atomic mass is 10.7. The second-order valence-corrected chi connectivity index (χ2v) is 4.19. The summed E-state index contributed by atoms with van der Waals surface area (Å²) in [5.74, 6) is 0.211. The first-order valence-corrected chi connectivity index (χ1v) is 4.85. The van der Waals surface area contributed by atoms with Gasteiger partial charge in [-0.15, -0.1) is 0 Å². The predicted octanol–water partition coefficient (Wildman–Crippen LogP) is -1.31. The van der Waals surface area contributed by atoms with Crippen LogP contribution in [0.25, 0.3) is 0 Å². The van der Waals surface area contributed by atoms with E-state index in [1.807, 2.05) is 0 Å². The topological polar surface area (TPSA) is 85.6 Å². The highest BCUT2D eigenvalue weighted by Gasteiger charge is 2.35. The molecule has 0 saturated carbocycles. The van der Waals surface area contributed by atoms with Crippen LogP contribution in [0.15, 0.2) is 4.99 Å². The van der Waals surface area contributed by atoms with Gasteiger partial charge in [-0.1, -0.05) is 0 Å². The smallest absolute Gasteiger partial charge is 0.239 e. The van der Waals surface area contributed by atoms with E-state index in [-0.39, 0.29) is 11.7 Å². The van der Waals surface area contributed by atoms with Crippen molar-refractivity contribution in [1.82, 2.24) is 9.62 Å². The van der Waals surface area contributed by atoms with E-state index in [1.54, 1.807) is 6.19 Å². The fourth-order valence-corrected chi connectivity index (χ4v) is 1.90. The zero-order valence-corrected chi connectivity index (χ0v) is 7.30. The van der Waals surface area contributed by atoms with E-state index in [9.17, 15) is 8.42 Å². The standard InChI is InChI=1S/C5H8N4O2S/c1-7-5(8-4-6)9-2-3-12(9,10)11/h2-3H2,1H3,(H,7,8). The van der Waals surface area contributed by atoms with Crippen molar-refractivity contribution in [2.75, 3.05) is 19.3 Å². The monoisotopic (exact) mass is 188 g/mol. The summed E-state index contributed by atoms with van der Waals surface area (Å²) in [4.78, 5) is 3.63. The van der Waals surface area contributed by atoms with Gasteiger partial charge < -0.3 is 0 Å². The minimum absolute atomic E-state index is 0.0868. The van der Waals surface area contributed by atoms with Crippen molar-refractivity contribution in [3.63, 3.8) is 0 Å². The maximum atomic E-state index is 11.0. The molecule has 6 nitrogen and oxygen atoms in total. The van der Waals surface area contributed by atoms with Gasteiger partial charge in [0.15, 0.2) is 6.19 Å². The fraction of sp³-hybridized carbons (Fsp3) is 0.600. The van der Waals surface area contributed by atoms with Crippen molar-refractivity contribution in [3.8, 4) is 6.19 Å². The third kappa shape index (κ3) is 1.33. The Hall–Kier alpha value is -1.29. The lowest BCUT2D eigenvalue weighted by Crippen LogP contribution is -2.54. The molecule has 66 valence electrons. The molecule has 12 heavy (non-hydrogen) atoms. The van der Waals surface area contributed by atoms with Gasteiger partial charge in [0.2, 0.25) is 16.0 Å². The number of nitriles is 1. The van der Waals surface area contributed by atoms with Crippen molar-refractivity contribution in [1.29, 1.82) is 5.26 Å². The van der Waals surface area contributed by atoms with Crippen LogP contribution in [-0.2, 0) is 10.0 Å². The molecule has 0 aromatic heterocycles. The van der Waals surface area contributed by atoms with E-state index >= 15 is 0 Å². The summed E-state index contributed by atoms with van der Waals surface area (Å²) in [6.45, 7) is 0.393. The molecule has 0 amide bonds. The number of sulfonamides is 1. The molecule has 0 aliphatic carbocycles. The Kier molecular flexibility index (Phi) is 2.19. The Labute approximate surface area is 70.6 Å². The van der Waals surface area contributed by atoms with Gasteiger partial charge in [-0.25, -0.2) is 12.7 Å². The normalized spacial score (nSPS) is 21.0. The molecule has 0 unspecified atom stereocenters. The molecule has 7 heteroatoms. The van der Waals surface area contributed by atoms with E-state index in [4.69, 9.17) is 5.26 Å². The van der Waals surface area contributed by atoms with Crippen LogP contribution in [0.5, 0.6) is 0 Å². The Morgan fingerprint density at radius 1 is 1.75 bits per heavy atom. The molecule has 0 radical (unpaired) electrons. The minimum Gasteiger partial charge on any atom is -0.262 e. The summed E-state index contributed by atoms with van der Waals surface area (Å²) >= 11 is 0. The van der Waals surface area contributed by atoms with Crippen LogP contribution >= 0.6 is 0 Å². The van der Waals surface area contributed by atoms with Crippen molar-refractivity contribution in [3.05, 3.63) is 0 Å². The molecule has 1 fully saturated rings. The maximum absolute atomic E-state index is 11.0. The van der Waals surface area contributed by atoms with Crippen LogP contribution in [0.4, 0.5) is 0 Å². The van der Waals surface area contributed by atoms with Crippen LogP contribution in [-0.4, -0.2) is 38.0 Å². The molecule has 1 N–H and O–H groups in total. The first kappa shape index (κ1) is 8.80. The van der Waals surface area contributed by atoms with Crippen LogP contribution in [0.3, 0.4) is 0 Å². The van der Waals surface area contributed by atoms with Gasteiger partial charge in [0, 0.05) is 7.05 Å². The summed E-state index contributed by atoms with van der Waals surface area (Å²) in [5, 5.41) is 10.4. The average Bonchev–Trinajstić information content (AvgIpc) is 2.02. The number of guanidine groups is 1. The second kappa shape index (κ2) is 2.98. The lowest BCUT2D eigenvalue weighted by Gasteiger charge is -2.31. The molecule has 1 rings (SSSR count). The van der Waals surface area contributed by atoms with Crippen LogP contribution in [0.2, 0.25) is 0 Å². The summed E-state index contributed by atoms with van der Waals surface area (Å²) in [6, 6.07) is 0. The first-order chi connectivity index (χ1) is 5.61. The number of rotatable bonds is 0. The van der Waals surface area contributed by atoms with Gasteiger partial charge in [-0.2, -0.15) is 5.26 Å². The Morgan fingerprint density at radius 2 is 2.42 bits per heavy atom. The fourth-order valence-electron chi connectivity index (χ4n) is 0.849. The molecule has 0 atom stereocenters. The molecule has 1 aliphatic heterocycles. The number of nitrogens with zero attached hydrogens (tertiary/aromatic N) is 3. The second-order valence-electron chi connectivity index (χ2n) is 2.17. The predicted molar refractivity (Wildman–Crippen MR) is 42.6 cm³/mol. The van der Waals surface area contributed by atoms with Gasteiger partial charge >= 0.3 is 0 Å². The summed E-state index contributed by atoms with van der Waals surface area (Å²) in [6.07, 6.45) is 1.62. The van der Waals surface area contributed by atoms with Crippen molar-refractivity contribution < 1.29 is 8.42 Å². The molecule has 1 aliphatic rings. The van der Waals surface area contributed by atoms with Crippen molar-refractivity contribution in [2.24, 2.45) is 4.99 Å². The van der Waals surface area contributed by atoms with Gasteiger partial charge in [0.1, 0.15) is 0 Å². The average molecular weight is 188 g/mol. The molecular formula is C5H8N4O2S. The molecule has 0 spiro atoms. The molecule has 0 aromatic rings. The molecule has 0 bridgehead atoms. The minimum atomic E-state index is -3.17. The summed E-state index contributed by atoms with van der Waals surface area (Å²) < 4.78 is 23.0. The Morgan fingerprint density at radius 3 is 2.67 bits per heavy atom. The van der Waals surface area contributed by atoms with E-state index < -0.39 is 10.0 Å². The van der Waals surface area contributed by atoms with Crippen molar-refractivity contribution in [2.45, 2.75) is 0 Å². The van der Waals surface area contributed by atoms with E-state index in [0.29, 0.717) is 6.54 Å². The third-order valence-electron chi connectivity index (χ3n) is 1.50. The maximum Gasteiger partial charge on any atom is 0.239 e. The van der Waals surface area contributed by atoms with Gasteiger partial charge in [-0.05, 0) is 0 Å². The molecule has 1 heterocycles. The Balaban J connectivity index is 2.78. The Bertz CT molecular complexity index is 339. The summed E-state index contributed by atoms with van der Waals surface area (Å²) in [5.41, 5.74) is 0. The highest BCUT2D eigenvalue weighted by molar-refractivity contribution is 7.90. The SMILES string of the molecule is CN=C(NC#N)N1CCS1(=O)=O. The van der Waals surface area contributed by atoms with Gasteiger partial charge in [0.05, 0.1) is 12.3 Å². The van der Waals surface area contributed by atoms with E-state index in [0.717, 1.165) is 4.31 Å². The lowest BCUT2D eigenvalue weighted by molar-refractivity contribution is 0.484. The number of nitrogens with one attached hydrogen (secondary N) is 1. The zero-order valence-electron chi connectivity index (χ0n) is 6.48. The van der Waals surface area contributed by atoms with Crippen LogP contribution in [0, 0.1) is 11.5 Å². The van der Waals surface area contributed by atoms with E-state index in [2.05, 4.69) is 10.3 Å². The number of hydrogen-bond acceptors (Lipinski definition) is 4. The third-order valence-corrected chi connectivity index (χ3v) is 3.23. The molecule has 1 saturated heterocycles. The zero-order chi connectivity index (χ0) is 9.19. The van der Waals surface area contributed by atoms with Gasteiger partial charge in [-0.3, -0.25) is 10.3 Å². The van der Waals surface area contributed by atoms with Gasteiger partial charge in [0.25, 0.3) is 0 Å². The first-order valence-electron chi connectivity index (χ1n) is 3.24. The molecular weight excluding hydrogens is 180 g/mol. The highest BCUT2D eigenvalue weighted by Crippen LogP contribution is 2.12. The number of hydrogen-bond donors (Lipinski definition) is 1. The highest BCUT2D eigenvalue weighted by atomic mass is 32.2. The van der Waals surface area contributed by atoms with Crippen LogP contribution < -0.4 is 5.32 Å². The van der Waals surface area contributed by atoms with E-state index in [1.165, 1.54) is 7.05 Å².